The van der Waals surface area contributed by atoms with E-state index in [1.165, 1.54) is 96.3 Å². The summed E-state index contributed by atoms with van der Waals surface area (Å²) in [6, 6.07) is 0. The minimum absolute atomic E-state index is 0.102. The van der Waals surface area contributed by atoms with E-state index in [4.69, 9.17) is 37.0 Å². The second kappa shape index (κ2) is 51.9. The summed E-state index contributed by atoms with van der Waals surface area (Å²) in [5.41, 5.74) is 0. The van der Waals surface area contributed by atoms with Gasteiger partial charge in [-0.05, 0) is 37.5 Å². The van der Waals surface area contributed by atoms with Crippen molar-refractivity contribution in [2.24, 2.45) is 11.8 Å². The van der Waals surface area contributed by atoms with E-state index in [9.17, 15) is 43.2 Å². The molecule has 0 aromatic carbocycles. The molecule has 3 N–H and O–H groups in total. The fourth-order valence-electron chi connectivity index (χ4n) is 8.61. The van der Waals surface area contributed by atoms with Crippen molar-refractivity contribution in [1.82, 2.24) is 0 Å². The smallest absolute Gasteiger partial charge is 0.462 e. The maximum Gasteiger partial charge on any atom is 0.472 e. The van der Waals surface area contributed by atoms with Crippen molar-refractivity contribution in [3.63, 3.8) is 0 Å². The van der Waals surface area contributed by atoms with Crippen LogP contribution in [0.5, 0.6) is 0 Å². The lowest BCUT2D eigenvalue weighted by molar-refractivity contribution is -0.161. The number of aliphatic hydroxyl groups excluding tert-OH is 1. The predicted octanol–water partition coefficient (Wildman–Crippen LogP) is 15.7. The molecule has 0 aromatic heterocycles. The molecule has 6 atom stereocenters. The van der Waals surface area contributed by atoms with Gasteiger partial charge in [0.1, 0.15) is 19.3 Å². The SMILES string of the molecule is CCCCCCCCCCCC(=O)OC[C@H](COP(=O)(O)OC[C@H](O)COP(=O)(O)OC[C@@H](COC(=O)CCCCCCCCC(C)CC)OC(=O)CCCCCCCCCC(C)C)OC(=O)CCCCCCCCCCC. The molecule has 0 fully saturated rings. The van der Waals surface area contributed by atoms with E-state index in [-0.39, 0.29) is 25.7 Å². The lowest BCUT2D eigenvalue weighted by atomic mass is 10.00. The van der Waals surface area contributed by atoms with E-state index in [2.05, 4.69) is 41.5 Å². The van der Waals surface area contributed by atoms with E-state index in [1.54, 1.807) is 0 Å². The Labute approximate surface area is 473 Å². The first-order chi connectivity index (χ1) is 37.4. The van der Waals surface area contributed by atoms with Crippen LogP contribution in [0.25, 0.3) is 0 Å². The molecular weight excluding hydrogens is 1040 g/mol. The third-order valence-corrected chi connectivity index (χ3v) is 15.7. The Bertz CT molecular complexity index is 1550. The number of ether oxygens (including phenoxy) is 4. The first-order valence-electron chi connectivity index (χ1n) is 31.0. The van der Waals surface area contributed by atoms with Crippen molar-refractivity contribution in [2.45, 2.75) is 304 Å². The average molecular weight is 1160 g/mol. The van der Waals surface area contributed by atoms with Gasteiger partial charge >= 0.3 is 39.5 Å². The Hall–Kier alpha value is -1.94. The fourth-order valence-corrected chi connectivity index (χ4v) is 10.2. The molecule has 0 spiro atoms. The summed E-state index contributed by atoms with van der Waals surface area (Å²) in [5, 5.41) is 10.5. The summed E-state index contributed by atoms with van der Waals surface area (Å²) in [6.07, 6.45) is 32.2. The molecule has 0 rings (SSSR count). The number of phosphoric ester groups is 2. The highest BCUT2D eigenvalue weighted by atomic mass is 31.2. The van der Waals surface area contributed by atoms with Crippen LogP contribution in [0.4, 0.5) is 0 Å². The highest BCUT2D eigenvalue weighted by molar-refractivity contribution is 7.47. The highest BCUT2D eigenvalue weighted by Crippen LogP contribution is 2.45. The van der Waals surface area contributed by atoms with Crippen LogP contribution in [0.3, 0.4) is 0 Å². The zero-order valence-electron chi connectivity index (χ0n) is 50.0. The summed E-state index contributed by atoms with van der Waals surface area (Å²) in [5.74, 6) is -0.719. The van der Waals surface area contributed by atoms with Crippen LogP contribution in [-0.4, -0.2) is 96.7 Å². The molecule has 0 aliphatic heterocycles. The fraction of sp³-hybridized carbons (Fsp3) is 0.932. The molecule has 78 heavy (non-hydrogen) atoms. The lowest BCUT2D eigenvalue weighted by Gasteiger charge is -2.21. The normalized spacial score (nSPS) is 14.8. The maximum atomic E-state index is 12.9. The number of carbonyl (C=O) groups excluding carboxylic acids is 4. The summed E-state index contributed by atoms with van der Waals surface area (Å²) in [4.78, 5) is 71.8. The number of carbonyl (C=O) groups is 4. The van der Waals surface area contributed by atoms with E-state index >= 15 is 0 Å². The Balaban J connectivity index is 5.24. The van der Waals surface area contributed by atoms with Gasteiger partial charge in [0.15, 0.2) is 12.2 Å². The number of rotatable bonds is 58. The molecule has 0 aliphatic carbocycles. The monoisotopic (exact) mass is 1160 g/mol. The molecule has 17 nitrogen and oxygen atoms in total. The molecule has 0 saturated heterocycles. The van der Waals surface area contributed by atoms with Gasteiger partial charge in [-0.2, -0.15) is 0 Å². The molecule has 0 radical (unpaired) electrons. The Kier molecular flexibility index (Phi) is 50.6. The van der Waals surface area contributed by atoms with Crippen molar-refractivity contribution in [3.05, 3.63) is 0 Å². The van der Waals surface area contributed by atoms with Gasteiger partial charge in [-0.1, -0.05) is 234 Å². The molecule has 0 bridgehead atoms. The zero-order valence-corrected chi connectivity index (χ0v) is 51.7. The number of esters is 4. The van der Waals surface area contributed by atoms with Crippen molar-refractivity contribution >= 4 is 39.5 Å². The Morgan fingerprint density at radius 2 is 0.654 bits per heavy atom. The van der Waals surface area contributed by atoms with Gasteiger partial charge in [-0.25, -0.2) is 9.13 Å². The third-order valence-electron chi connectivity index (χ3n) is 13.8. The molecule has 19 heteroatoms. The van der Waals surface area contributed by atoms with Crippen LogP contribution in [0.1, 0.15) is 286 Å². The maximum absolute atomic E-state index is 12.9. The summed E-state index contributed by atoms with van der Waals surface area (Å²) in [6.45, 7) is 9.31. The first kappa shape index (κ1) is 76.1. The van der Waals surface area contributed by atoms with Gasteiger partial charge in [0.25, 0.3) is 0 Å². The van der Waals surface area contributed by atoms with Crippen molar-refractivity contribution in [2.75, 3.05) is 39.6 Å². The van der Waals surface area contributed by atoms with E-state index in [0.717, 1.165) is 102 Å². The number of hydrogen-bond donors (Lipinski definition) is 3. The van der Waals surface area contributed by atoms with Crippen LogP contribution < -0.4 is 0 Å². The molecule has 0 amide bonds. The molecule has 462 valence electrons. The number of unbranched alkanes of at least 4 members (excludes halogenated alkanes) is 27. The quantitative estimate of drug-likeness (QED) is 0.0222. The lowest BCUT2D eigenvalue weighted by Crippen LogP contribution is -2.30. The number of hydrogen-bond acceptors (Lipinski definition) is 15. The predicted molar refractivity (Wildman–Crippen MR) is 308 cm³/mol. The van der Waals surface area contributed by atoms with Crippen molar-refractivity contribution in [1.29, 1.82) is 0 Å². The standard InChI is InChI=1S/C59H114O17P2/c1-7-10-12-14-16-18-22-29-35-41-56(61)69-47-54(75-58(63)43-37-31-23-19-17-15-13-11-8-2)49-73-77(65,66)71-45-53(60)46-72-78(67,68)74-50-55(76-59(64)44-38-32-24-20-21-27-33-39-51(4)5)48-70-57(62)42-36-30-26-25-28-34-40-52(6)9-3/h51-55,60H,7-50H2,1-6H3,(H,65,66)(H,67,68)/t52?,53-,54+,55+/m0/s1. The topological polar surface area (TPSA) is 237 Å². The highest BCUT2D eigenvalue weighted by Gasteiger charge is 2.30. The van der Waals surface area contributed by atoms with Crippen molar-refractivity contribution in [3.8, 4) is 0 Å². The second-order valence-electron chi connectivity index (χ2n) is 22.1. The minimum atomic E-state index is -4.94. The molecular formula is C59H114O17P2. The van der Waals surface area contributed by atoms with Gasteiger partial charge in [-0.15, -0.1) is 0 Å². The Morgan fingerprint density at radius 1 is 0.372 bits per heavy atom. The van der Waals surface area contributed by atoms with Gasteiger partial charge in [0, 0.05) is 25.7 Å². The molecule has 0 aliphatic rings. The van der Waals surface area contributed by atoms with Gasteiger partial charge in [0.2, 0.25) is 0 Å². The van der Waals surface area contributed by atoms with Crippen LogP contribution >= 0.6 is 15.6 Å². The van der Waals surface area contributed by atoms with Crippen molar-refractivity contribution < 1.29 is 80.2 Å². The second-order valence-corrected chi connectivity index (χ2v) is 25.0. The molecule has 0 aromatic rings. The van der Waals surface area contributed by atoms with E-state index in [0.29, 0.717) is 31.6 Å². The van der Waals surface area contributed by atoms with E-state index < -0.39 is 97.5 Å². The minimum Gasteiger partial charge on any atom is -0.462 e. The summed E-state index contributed by atoms with van der Waals surface area (Å²) >= 11 is 0. The molecule has 0 heterocycles. The molecule has 3 unspecified atom stereocenters. The van der Waals surface area contributed by atoms with Crippen LogP contribution in [0.15, 0.2) is 0 Å². The molecule has 0 saturated carbocycles. The van der Waals surface area contributed by atoms with Gasteiger partial charge < -0.3 is 33.8 Å². The van der Waals surface area contributed by atoms with Gasteiger partial charge in [-0.3, -0.25) is 37.3 Å². The van der Waals surface area contributed by atoms with E-state index in [1.807, 2.05) is 0 Å². The summed E-state index contributed by atoms with van der Waals surface area (Å²) < 4.78 is 67.7. The number of aliphatic hydroxyl groups is 1. The zero-order chi connectivity index (χ0) is 58.0. The third kappa shape index (κ3) is 52.2. The number of phosphoric acid groups is 2. The van der Waals surface area contributed by atoms with Gasteiger partial charge in [0.05, 0.1) is 26.4 Å². The van der Waals surface area contributed by atoms with Crippen LogP contribution in [-0.2, 0) is 65.4 Å². The first-order valence-corrected chi connectivity index (χ1v) is 34.0. The average Bonchev–Trinajstić information content (AvgIpc) is 3.40. The Morgan fingerprint density at radius 3 is 0.974 bits per heavy atom. The van der Waals surface area contributed by atoms with Crippen LogP contribution in [0, 0.1) is 11.8 Å². The largest absolute Gasteiger partial charge is 0.472 e. The van der Waals surface area contributed by atoms with Crippen LogP contribution in [0.2, 0.25) is 0 Å². The summed E-state index contributed by atoms with van der Waals surface area (Å²) in [7, 11) is -9.87.